The fourth-order valence-electron chi connectivity index (χ4n) is 1.32. The first kappa shape index (κ1) is 15.2. The number of hydrogen-bond acceptors (Lipinski definition) is 3. The van der Waals surface area contributed by atoms with Crippen LogP contribution in [-0.2, 0) is 9.59 Å². The van der Waals surface area contributed by atoms with Crippen LogP contribution in [0.3, 0.4) is 0 Å². The van der Waals surface area contributed by atoms with E-state index in [0.717, 1.165) is 0 Å². The largest absolute Gasteiger partial charge is 0.480 e. The Morgan fingerprint density at radius 1 is 1.29 bits per heavy atom. The van der Waals surface area contributed by atoms with Crippen molar-refractivity contribution in [3.63, 3.8) is 0 Å². The van der Waals surface area contributed by atoms with Crippen LogP contribution in [0.5, 0.6) is 0 Å². The van der Waals surface area contributed by atoms with E-state index in [4.69, 9.17) is 10.8 Å². The van der Waals surface area contributed by atoms with E-state index < -0.39 is 30.0 Å². The van der Waals surface area contributed by atoms with Crippen LogP contribution in [0, 0.1) is 0 Å². The van der Waals surface area contributed by atoms with Crippen molar-refractivity contribution in [3.8, 4) is 0 Å². The maximum Gasteiger partial charge on any atom is 0.326 e. The highest BCUT2D eigenvalue weighted by molar-refractivity contribution is 5.83. The van der Waals surface area contributed by atoms with Gasteiger partial charge in [-0.3, -0.25) is 4.79 Å². The molecule has 0 aliphatic carbocycles. The molecule has 0 heterocycles. The number of carboxylic acids is 1. The Kier molecular flexibility index (Phi) is 6.69. The van der Waals surface area contributed by atoms with Crippen LogP contribution in [0.25, 0.3) is 0 Å². The third-order valence-corrected chi connectivity index (χ3v) is 2.07. The van der Waals surface area contributed by atoms with Gasteiger partial charge in [-0.15, -0.1) is 0 Å². The summed E-state index contributed by atoms with van der Waals surface area (Å²) in [7, 11) is 0. The molecule has 2 atom stereocenters. The van der Waals surface area contributed by atoms with E-state index in [1.807, 2.05) is 6.92 Å². The monoisotopic (exact) mass is 245 g/mol. The van der Waals surface area contributed by atoms with Gasteiger partial charge in [0.15, 0.2) is 0 Å². The van der Waals surface area contributed by atoms with E-state index >= 15 is 0 Å². The minimum Gasteiger partial charge on any atom is -0.480 e. The molecule has 0 rings (SSSR count). The number of amides is 3. The number of carbonyl (C=O) groups excluding carboxylic acids is 2. The number of nitrogens with one attached hydrogen (secondary N) is 2. The minimum atomic E-state index is -1.08. The Hall–Kier alpha value is -1.79. The number of carboxylic acid groups (broad SMARTS) is 1. The summed E-state index contributed by atoms with van der Waals surface area (Å²) in [6.07, 6.45) is 1.01. The zero-order valence-corrected chi connectivity index (χ0v) is 10.0. The standard InChI is InChI=1S/C10H19N3O4/c1-3-4-7(9(15)16)13-10(17)12-6(2)5-8(11)14/h6-7H,3-5H2,1-2H3,(H2,11,14)(H,15,16)(H2,12,13,17)/t6?,7-/m0/s1. The van der Waals surface area contributed by atoms with Crippen LogP contribution in [0.2, 0.25) is 0 Å². The van der Waals surface area contributed by atoms with Crippen LogP contribution in [-0.4, -0.2) is 35.1 Å². The predicted molar refractivity (Wildman–Crippen MR) is 61.3 cm³/mol. The lowest BCUT2D eigenvalue weighted by molar-refractivity contribution is -0.139. The van der Waals surface area contributed by atoms with Crippen molar-refractivity contribution in [2.75, 3.05) is 0 Å². The highest BCUT2D eigenvalue weighted by Crippen LogP contribution is 1.97. The molecular weight excluding hydrogens is 226 g/mol. The SMILES string of the molecule is CCC[C@H](NC(=O)NC(C)CC(N)=O)C(=O)O. The summed E-state index contributed by atoms with van der Waals surface area (Å²) < 4.78 is 0. The van der Waals surface area contributed by atoms with E-state index in [0.29, 0.717) is 12.8 Å². The number of nitrogens with two attached hydrogens (primary N) is 1. The quantitative estimate of drug-likeness (QED) is 0.496. The number of urea groups is 1. The molecule has 0 saturated carbocycles. The van der Waals surface area contributed by atoms with Gasteiger partial charge in [0.25, 0.3) is 0 Å². The second kappa shape index (κ2) is 7.48. The topological polar surface area (TPSA) is 122 Å². The van der Waals surface area contributed by atoms with Gasteiger partial charge in [-0.05, 0) is 13.3 Å². The summed E-state index contributed by atoms with van der Waals surface area (Å²) in [4.78, 5) is 32.7. The van der Waals surface area contributed by atoms with Crippen LogP contribution < -0.4 is 16.4 Å². The molecule has 0 aliphatic rings. The zero-order valence-electron chi connectivity index (χ0n) is 10.0. The predicted octanol–water partition coefficient (Wildman–Crippen LogP) is -0.197. The smallest absolute Gasteiger partial charge is 0.326 e. The van der Waals surface area contributed by atoms with Gasteiger partial charge in [-0.1, -0.05) is 13.3 Å². The molecule has 0 bridgehead atoms. The van der Waals surface area contributed by atoms with Crippen molar-refractivity contribution >= 4 is 17.9 Å². The van der Waals surface area contributed by atoms with Crippen molar-refractivity contribution < 1.29 is 19.5 Å². The van der Waals surface area contributed by atoms with E-state index in [9.17, 15) is 14.4 Å². The molecule has 98 valence electrons. The van der Waals surface area contributed by atoms with Gasteiger partial charge in [0, 0.05) is 12.5 Å². The summed E-state index contributed by atoms with van der Waals surface area (Å²) in [5.41, 5.74) is 4.96. The number of hydrogen-bond donors (Lipinski definition) is 4. The Bertz CT molecular complexity index is 293. The van der Waals surface area contributed by atoms with Gasteiger partial charge in [-0.2, -0.15) is 0 Å². The van der Waals surface area contributed by atoms with Crippen LogP contribution in [0.4, 0.5) is 4.79 Å². The van der Waals surface area contributed by atoms with Gasteiger partial charge >= 0.3 is 12.0 Å². The Balaban J connectivity index is 4.14. The molecule has 0 aromatic carbocycles. The number of primary amides is 1. The van der Waals surface area contributed by atoms with Crippen molar-refractivity contribution in [2.24, 2.45) is 5.73 Å². The molecule has 3 amide bonds. The van der Waals surface area contributed by atoms with Gasteiger partial charge in [-0.25, -0.2) is 9.59 Å². The first-order valence-electron chi connectivity index (χ1n) is 5.45. The molecule has 7 nitrogen and oxygen atoms in total. The fraction of sp³-hybridized carbons (Fsp3) is 0.700. The molecule has 0 saturated heterocycles. The molecule has 0 fully saturated rings. The first-order chi connectivity index (χ1) is 7.86. The lowest BCUT2D eigenvalue weighted by Gasteiger charge is -2.17. The van der Waals surface area contributed by atoms with Crippen molar-refractivity contribution in [1.29, 1.82) is 0 Å². The molecule has 0 aromatic rings. The van der Waals surface area contributed by atoms with Gasteiger partial charge in [0.05, 0.1) is 0 Å². The van der Waals surface area contributed by atoms with Crippen LogP contribution in [0.15, 0.2) is 0 Å². The van der Waals surface area contributed by atoms with E-state index in [-0.39, 0.29) is 6.42 Å². The second-order valence-corrected chi connectivity index (χ2v) is 3.87. The van der Waals surface area contributed by atoms with Crippen LogP contribution >= 0.6 is 0 Å². The van der Waals surface area contributed by atoms with Crippen molar-refractivity contribution in [3.05, 3.63) is 0 Å². The van der Waals surface area contributed by atoms with Gasteiger partial charge in [0.2, 0.25) is 5.91 Å². The average molecular weight is 245 g/mol. The lowest BCUT2D eigenvalue weighted by Crippen LogP contribution is -2.48. The average Bonchev–Trinajstić information content (AvgIpc) is 2.14. The second-order valence-electron chi connectivity index (χ2n) is 3.87. The number of carbonyl (C=O) groups is 3. The van der Waals surface area contributed by atoms with Crippen molar-refractivity contribution in [2.45, 2.75) is 45.2 Å². The molecule has 7 heteroatoms. The fourth-order valence-corrected chi connectivity index (χ4v) is 1.32. The highest BCUT2D eigenvalue weighted by Gasteiger charge is 2.19. The summed E-state index contributed by atoms with van der Waals surface area (Å²) in [5.74, 6) is -1.61. The summed E-state index contributed by atoms with van der Waals surface area (Å²) in [6, 6.07) is -1.95. The first-order valence-corrected chi connectivity index (χ1v) is 5.45. The molecule has 0 aliphatic heterocycles. The normalized spacial score (nSPS) is 13.5. The zero-order chi connectivity index (χ0) is 13.4. The van der Waals surface area contributed by atoms with E-state index in [1.54, 1.807) is 6.92 Å². The molecule has 1 unspecified atom stereocenters. The molecule has 17 heavy (non-hydrogen) atoms. The van der Waals surface area contributed by atoms with Crippen LogP contribution in [0.1, 0.15) is 33.1 Å². The van der Waals surface area contributed by atoms with Gasteiger partial charge in [0.1, 0.15) is 6.04 Å². The molecule has 0 aromatic heterocycles. The lowest BCUT2D eigenvalue weighted by atomic mass is 10.2. The summed E-state index contributed by atoms with van der Waals surface area (Å²) in [5, 5.41) is 13.6. The Labute approximate surface area is 99.7 Å². The van der Waals surface area contributed by atoms with E-state index in [1.165, 1.54) is 0 Å². The minimum absolute atomic E-state index is 0.0128. The maximum absolute atomic E-state index is 11.4. The number of aliphatic carboxylic acids is 1. The summed E-state index contributed by atoms with van der Waals surface area (Å²) in [6.45, 7) is 3.44. The third kappa shape index (κ3) is 7.15. The summed E-state index contributed by atoms with van der Waals surface area (Å²) >= 11 is 0. The molecular formula is C10H19N3O4. The van der Waals surface area contributed by atoms with E-state index in [2.05, 4.69) is 10.6 Å². The maximum atomic E-state index is 11.4. The molecule has 0 spiro atoms. The Morgan fingerprint density at radius 3 is 2.29 bits per heavy atom. The van der Waals surface area contributed by atoms with Gasteiger partial charge < -0.3 is 21.5 Å². The number of rotatable bonds is 7. The third-order valence-electron chi connectivity index (χ3n) is 2.07. The molecule has 5 N–H and O–H groups in total. The van der Waals surface area contributed by atoms with Crippen molar-refractivity contribution in [1.82, 2.24) is 10.6 Å². The highest BCUT2D eigenvalue weighted by atomic mass is 16.4. The Morgan fingerprint density at radius 2 is 1.88 bits per heavy atom. The molecule has 0 radical (unpaired) electrons.